The number of halogens is 3. The van der Waals surface area contributed by atoms with Gasteiger partial charge in [0.1, 0.15) is 0 Å². The zero-order valence-corrected chi connectivity index (χ0v) is 15.1. The summed E-state index contributed by atoms with van der Waals surface area (Å²) in [5.74, 6) is 0.898. The lowest BCUT2D eigenvalue weighted by Crippen LogP contribution is -2.27. The Morgan fingerprint density at radius 2 is 1.73 bits per heavy atom. The lowest BCUT2D eigenvalue weighted by molar-refractivity contribution is -0.121. The van der Waals surface area contributed by atoms with Crippen LogP contribution >= 0.6 is 34.8 Å². The van der Waals surface area contributed by atoms with E-state index in [9.17, 15) is 4.79 Å². The van der Waals surface area contributed by atoms with Crippen LogP contribution in [-0.2, 0) is 4.79 Å². The molecule has 2 rings (SSSR count). The van der Waals surface area contributed by atoms with Gasteiger partial charge < -0.3 is 5.32 Å². The molecule has 122 valence electrons. The molecule has 0 radical (unpaired) electrons. The van der Waals surface area contributed by atoms with Gasteiger partial charge in [0.05, 0.1) is 20.8 Å². The average Bonchev–Trinajstić information content (AvgIpc) is 2.51. The number of rotatable bonds is 5. The maximum absolute atomic E-state index is 12.4. The van der Waals surface area contributed by atoms with Crippen LogP contribution in [0.1, 0.15) is 51.9 Å². The molecule has 1 saturated carbocycles. The smallest absolute Gasteiger partial charge is 0.227 e. The third kappa shape index (κ3) is 4.78. The topological polar surface area (TPSA) is 29.1 Å². The van der Waals surface area contributed by atoms with Gasteiger partial charge >= 0.3 is 0 Å². The summed E-state index contributed by atoms with van der Waals surface area (Å²) in [7, 11) is 0. The van der Waals surface area contributed by atoms with Crippen LogP contribution in [0.2, 0.25) is 15.1 Å². The van der Waals surface area contributed by atoms with Gasteiger partial charge in [0.25, 0.3) is 0 Å². The molecule has 1 aliphatic rings. The van der Waals surface area contributed by atoms with E-state index in [2.05, 4.69) is 12.2 Å². The average molecular weight is 363 g/mol. The van der Waals surface area contributed by atoms with Crippen LogP contribution in [0.3, 0.4) is 0 Å². The van der Waals surface area contributed by atoms with Crippen LogP contribution in [0.5, 0.6) is 0 Å². The van der Waals surface area contributed by atoms with Crippen molar-refractivity contribution < 1.29 is 4.79 Å². The van der Waals surface area contributed by atoms with Gasteiger partial charge in [0, 0.05) is 5.92 Å². The fraction of sp³-hybridized carbons (Fsp3) is 0.588. The molecule has 1 N–H and O–H groups in total. The number of carbonyl (C=O) groups excluding carboxylic acids is 1. The van der Waals surface area contributed by atoms with Gasteiger partial charge in [-0.1, -0.05) is 61.0 Å². The third-order valence-corrected chi connectivity index (χ3v) is 5.49. The largest absolute Gasteiger partial charge is 0.324 e. The zero-order chi connectivity index (χ0) is 16.1. The van der Waals surface area contributed by atoms with Gasteiger partial charge in [-0.2, -0.15) is 0 Å². The van der Waals surface area contributed by atoms with Crippen molar-refractivity contribution in [2.45, 2.75) is 51.9 Å². The van der Waals surface area contributed by atoms with Crippen molar-refractivity contribution in [1.29, 1.82) is 0 Å². The summed E-state index contributed by atoms with van der Waals surface area (Å²) in [6, 6.07) is 3.17. The Balaban J connectivity index is 1.90. The first-order chi connectivity index (χ1) is 10.5. The van der Waals surface area contributed by atoms with E-state index in [-0.39, 0.29) is 11.8 Å². The molecular formula is C17H22Cl3NO. The fourth-order valence-corrected chi connectivity index (χ4v) is 3.65. The second kappa shape index (κ2) is 8.42. The van der Waals surface area contributed by atoms with Gasteiger partial charge in [0.15, 0.2) is 0 Å². The molecule has 0 aliphatic heterocycles. The highest BCUT2D eigenvalue weighted by molar-refractivity contribution is 6.44. The Morgan fingerprint density at radius 1 is 1.09 bits per heavy atom. The SMILES string of the molecule is CCCCC1CCC(C(=O)Nc2cc(Cl)c(Cl)cc2Cl)CC1. The van der Waals surface area contributed by atoms with Crippen molar-refractivity contribution in [3.63, 3.8) is 0 Å². The number of benzene rings is 1. The standard InChI is InChI=1S/C17H22Cl3NO/c1-2-3-4-11-5-7-12(8-6-11)17(22)21-16-10-14(19)13(18)9-15(16)20/h9-12H,2-8H2,1H3,(H,21,22). The molecule has 1 fully saturated rings. The van der Waals surface area contributed by atoms with E-state index in [1.54, 1.807) is 12.1 Å². The normalized spacial score (nSPS) is 21.6. The van der Waals surface area contributed by atoms with E-state index in [0.29, 0.717) is 20.8 Å². The van der Waals surface area contributed by atoms with E-state index in [1.807, 2.05) is 0 Å². The second-order valence-electron chi connectivity index (χ2n) is 6.10. The molecule has 0 spiro atoms. The van der Waals surface area contributed by atoms with Crippen molar-refractivity contribution in [2.24, 2.45) is 11.8 Å². The van der Waals surface area contributed by atoms with E-state index < -0.39 is 0 Å². The molecule has 1 aromatic carbocycles. The number of nitrogens with one attached hydrogen (secondary N) is 1. The maximum Gasteiger partial charge on any atom is 0.227 e. The summed E-state index contributed by atoms with van der Waals surface area (Å²) in [5, 5.41) is 4.09. The van der Waals surface area contributed by atoms with Crippen molar-refractivity contribution in [2.75, 3.05) is 5.32 Å². The molecule has 0 atom stereocenters. The number of unbranched alkanes of at least 4 members (excludes halogenated alkanes) is 1. The summed E-state index contributed by atoms with van der Waals surface area (Å²) in [6.07, 6.45) is 8.04. The van der Waals surface area contributed by atoms with E-state index >= 15 is 0 Å². The number of hydrogen-bond donors (Lipinski definition) is 1. The Morgan fingerprint density at radius 3 is 2.36 bits per heavy atom. The molecule has 22 heavy (non-hydrogen) atoms. The molecule has 1 aliphatic carbocycles. The summed E-state index contributed by atoms with van der Waals surface area (Å²) < 4.78 is 0. The minimum Gasteiger partial charge on any atom is -0.324 e. The predicted molar refractivity (Wildman–Crippen MR) is 95.1 cm³/mol. The highest BCUT2D eigenvalue weighted by Gasteiger charge is 2.26. The second-order valence-corrected chi connectivity index (χ2v) is 7.32. The van der Waals surface area contributed by atoms with Crippen molar-refractivity contribution >= 4 is 46.4 Å². The first-order valence-corrected chi connectivity index (χ1v) is 9.10. The quantitative estimate of drug-likeness (QED) is 0.589. The lowest BCUT2D eigenvalue weighted by atomic mass is 9.79. The van der Waals surface area contributed by atoms with Gasteiger partial charge in [-0.05, 0) is 43.7 Å². The first-order valence-electron chi connectivity index (χ1n) is 7.96. The Kier molecular flexibility index (Phi) is 6.86. The summed E-state index contributed by atoms with van der Waals surface area (Å²) in [5.41, 5.74) is 0.536. The molecule has 1 amide bonds. The monoisotopic (exact) mass is 361 g/mol. The van der Waals surface area contributed by atoms with Crippen molar-refractivity contribution in [3.05, 3.63) is 27.2 Å². The molecule has 0 heterocycles. The van der Waals surface area contributed by atoms with Gasteiger partial charge in [-0.25, -0.2) is 0 Å². The molecular weight excluding hydrogens is 341 g/mol. The van der Waals surface area contributed by atoms with Crippen molar-refractivity contribution in [3.8, 4) is 0 Å². The highest BCUT2D eigenvalue weighted by Crippen LogP contribution is 2.35. The number of hydrogen-bond acceptors (Lipinski definition) is 1. The molecule has 0 bridgehead atoms. The van der Waals surface area contributed by atoms with Crippen molar-refractivity contribution in [1.82, 2.24) is 0 Å². The number of carbonyl (C=O) groups is 1. The molecule has 1 aromatic rings. The van der Waals surface area contributed by atoms with E-state index in [4.69, 9.17) is 34.8 Å². The predicted octanol–water partition coefficient (Wildman–Crippen LogP) is 6.58. The number of amides is 1. The van der Waals surface area contributed by atoms with Gasteiger partial charge in [0.2, 0.25) is 5.91 Å². The number of anilines is 1. The van der Waals surface area contributed by atoms with E-state index in [1.165, 1.54) is 19.3 Å². The summed E-state index contributed by atoms with van der Waals surface area (Å²) >= 11 is 18.0. The van der Waals surface area contributed by atoms with Crippen LogP contribution in [0.4, 0.5) is 5.69 Å². The van der Waals surface area contributed by atoms with Gasteiger partial charge in [-0.15, -0.1) is 0 Å². The molecule has 5 heteroatoms. The summed E-state index contributed by atoms with van der Waals surface area (Å²) in [4.78, 5) is 12.4. The van der Waals surface area contributed by atoms with Crippen LogP contribution < -0.4 is 5.32 Å². The highest BCUT2D eigenvalue weighted by atomic mass is 35.5. The molecule has 2 nitrogen and oxygen atoms in total. The first kappa shape index (κ1) is 17.9. The van der Waals surface area contributed by atoms with Crippen LogP contribution in [0.15, 0.2) is 12.1 Å². The van der Waals surface area contributed by atoms with Crippen LogP contribution in [-0.4, -0.2) is 5.91 Å². The van der Waals surface area contributed by atoms with Gasteiger partial charge in [-0.3, -0.25) is 4.79 Å². The summed E-state index contributed by atoms with van der Waals surface area (Å²) in [6.45, 7) is 2.22. The van der Waals surface area contributed by atoms with E-state index in [0.717, 1.165) is 31.6 Å². The Hall–Kier alpha value is -0.440. The fourth-order valence-electron chi connectivity index (χ4n) is 3.06. The third-order valence-electron chi connectivity index (χ3n) is 4.45. The van der Waals surface area contributed by atoms with Crippen LogP contribution in [0.25, 0.3) is 0 Å². The molecule has 0 aromatic heterocycles. The maximum atomic E-state index is 12.4. The van der Waals surface area contributed by atoms with Crippen LogP contribution in [0, 0.1) is 11.8 Å². The lowest BCUT2D eigenvalue weighted by Gasteiger charge is -2.27. The molecule has 0 saturated heterocycles. The molecule has 0 unspecified atom stereocenters. The minimum absolute atomic E-state index is 0.0363. The minimum atomic E-state index is 0.0363. The Labute approximate surface area is 147 Å². The zero-order valence-electron chi connectivity index (χ0n) is 12.8. The Bertz CT molecular complexity index is 525.